The van der Waals surface area contributed by atoms with Gasteiger partial charge < -0.3 is 10.1 Å². The lowest BCUT2D eigenvalue weighted by Gasteiger charge is -2.18. The fourth-order valence-corrected chi connectivity index (χ4v) is 3.57. The Labute approximate surface area is 121 Å². The maximum atomic E-state index is 11.8. The molecule has 1 aromatic heterocycles. The van der Waals surface area contributed by atoms with Gasteiger partial charge in [-0.2, -0.15) is 0 Å². The number of nitrogens with zero attached hydrogens (tertiary/aromatic N) is 1. The van der Waals surface area contributed by atoms with E-state index in [9.17, 15) is 4.79 Å². The Balaban J connectivity index is 1.86. The second kappa shape index (κ2) is 5.63. The average molecular weight is 288 g/mol. The normalized spacial score (nSPS) is 17.4. The van der Waals surface area contributed by atoms with Crippen LogP contribution in [0.1, 0.15) is 29.3 Å². The second-order valence-electron chi connectivity index (χ2n) is 4.79. The van der Waals surface area contributed by atoms with Crippen LogP contribution in [0.2, 0.25) is 0 Å². The minimum absolute atomic E-state index is 0.178. The molecule has 0 amide bonds. The number of hydrogen-bond acceptors (Lipinski definition) is 5. The number of para-hydroxylation sites is 1. The SMILES string of the molecule is COC(=O)C1CCCc2sc(Nc3ccccc3)nc21. The van der Waals surface area contributed by atoms with Crippen molar-refractivity contribution in [1.82, 2.24) is 4.98 Å². The molecule has 1 aliphatic rings. The third-order valence-electron chi connectivity index (χ3n) is 3.47. The van der Waals surface area contributed by atoms with Gasteiger partial charge in [0.25, 0.3) is 0 Å². The Morgan fingerprint density at radius 3 is 2.95 bits per heavy atom. The molecule has 1 N–H and O–H groups in total. The molecule has 104 valence electrons. The smallest absolute Gasteiger partial charge is 0.314 e. The van der Waals surface area contributed by atoms with Gasteiger partial charge >= 0.3 is 5.97 Å². The van der Waals surface area contributed by atoms with Crippen molar-refractivity contribution in [3.05, 3.63) is 40.9 Å². The highest BCUT2D eigenvalue weighted by atomic mass is 32.1. The van der Waals surface area contributed by atoms with Crippen molar-refractivity contribution in [2.24, 2.45) is 0 Å². The van der Waals surface area contributed by atoms with Gasteiger partial charge in [0.1, 0.15) is 5.92 Å². The number of esters is 1. The van der Waals surface area contributed by atoms with E-state index in [1.807, 2.05) is 30.3 Å². The number of fused-ring (bicyclic) bond motifs is 1. The lowest BCUT2D eigenvalue weighted by Crippen LogP contribution is -2.19. The third kappa shape index (κ3) is 2.54. The maximum absolute atomic E-state index is 11.8. The van der Waals surface area contributed by atoms with Crippen molar-refractivity contribution in [3.8, 4) is 0 Å². The number of aromatic nitrogens is 1. The number of carbonyl (C=O) groups is 1. The quantitative estimate of drug-likeness (QED) is 0.879. The van der Waals surface area contributed by atoms with Crippen molar-refractivity contribution >= 4 is 28.1 Å². The number of aryl methyl sites for hydroxylation is 1. The molecule has 0 bridgehead atoms. The molecule has 1 heterocycles. The maximum Gasteiger partial charge on any atom is 0.314 e. The summed E-state index contributed by atoms with van der Waals surface area (Å²) >= 11 is 1.63. The Kier molecular flexibility index (Phi) is 3.69. The highest BCUT2D eigenvalue weighted by molar-refractivity contribution is 7.15. The minimum atomic E-state index is -0.202. The first-order chi connectivity index (χ1) is 9.78. The minimum Gasteiger partial charge on any atom is -0.469 e. The van der Waals surface area contributed by atoms with Crippen LogP contribution in [0.15, 0.2) is 30.3 Å². The van der Waals surface area contributed by atoms with Crippen LogP contribution in [0.5, 0.6) is 0 Å². The third-order valence-corrected chi connectivity index (χ3v) is 4.51. The van der Waals surface area contributed by atoms with Gasteiger partial charge in [0.2, 0.25) is 0 Å². The molecule has 1 atom stereocenters. The van der Waals surface area contributed by atoms with E-state index in [2.05, 4.69) is 10.3 Å². The topological polar surface area (TPSA) is 51.2 Å². The van der Waals surface area contributed by atoms with Crippen LogP contribution in [0.4, 0.5) is 10.8 Å². The van der Waals surface area contributed by atoms with Gasteiger partial charge in [-0.15, -0.1) is 11.3 Å². The number of benzene rings is 1. The molecule has 0 saturated carbocycles. The lowest BCUT2D eigenvalue weighted by molar-refractivity contribution is -0.142. The van der Waals surface area contributed by atoms with Gasteiger partial charge in [0.15, 0.2) is 5.13 Å². The number of carbonyl (C=O) groups excluding carboxylic acids is 1. The summed E-state index contributed by atoms with van der Waals surface area (Å²) in [4.78, 5) is 17.6. The van der Waals surface area contributed by atoms with Crippen LogP contribution >= 0.6 is 11.3 Å². The van der Waals surface area contributed by atoms with Crippen molar-refractivity contribution in [2.45, 2.75) is 25.2 Å². The molecule has 0 aliphatic heterocycles. The first-order valence-electron chi connectivity index (χ1n) is 6.67. The summed E-state index contributed by atoms with van der Waals surface area (Å²) < 4.78 is 4.88. The van der Waals surface area contributed by atoms with Crippen LogP contribution < -0.4 is 5.32 Å². The Bertz CT molecular complexity index is 610. The van der Waals surface area contributed by atoms with E-state index in [4.69, 9.17) is 4.74 Å². The molecule has 20 heavy (non-hydrogen) atoms. The zero-order valence-corrected chi connectivity index (χ0v) is 12.1. The number of rotatable bonds is 3. The van der Waals surface area contributed by atoms with Gasteiger partial charge in [-0.1, -0.05) is 18.2 Å². The standard InChI is InChI=1S/C15H16N2O2S/c1-19-14(18)11-8-5-9-12-13(11)17-15(20-12)16-10-6-3-2-4-7-10/h2-4,6-7,11H,5,8-9H2,1H3,(H,16,17). The summed E-state index contributed by atoms with van der Waals surface area (Å²) in [5, 5.41) is 4.14. The predicted octanol–water partition coefficient (Wildman–Crippen LogP) is 3.48. The first-order valence-corrected chi connectivity index (χ1v) is 7.49. The van der Waals surface area contributed by atoms with Gasteiger partial charge in [-0.05, 0) is 31.4 Å². The summed E-state index contributed by atoms with van der Waals surface area (Å²) in [6.45, 7) is 0. The molecule has 0 fully saturated rings. The van der Waals surface area contributed by atoms with E-state index in [1.165, 1.54) is 12.0 Å². The summed E-state index contributed by atoms with van der Waals surface area (Å²) in [6.07, 6.45) is 2.84. The molecule has 5 heteroatoms. The monoisotopic (exact) mass is 288 g/mol. The summed E-state index contributed by atoms with van der Waals surface area (Å²) in [6, 6.07) is 9.93. The predicted molar refractivity (Wildman–Crippen MR) is 79.5 cm³/mol. The molecular weight excluding hydrogens is 272 g/mol. The van der Waals surface area contributed by atoms with Crippen molar-refractivity contribution in [3.63, 3.8) is 0 Å². The number of hydrogen-bond donors (Lipinski definition) is 1. The molecule has 4 nitrogen and oxygen atoms in total. The number of methoxy groups -OCH3 is 1. The Hall–Kier alpha value is -1.88. The number of ether oxygens (including phenoxy) is 1. The molecule has 1 unspecified atom stereocenters. The van der Waals surface area contributed by atoms with Gasteiger partial charge in [0.05, 0.1) is 12.8 Å². The molecule has 1 aromatic carbocycles. The van der Waals surface area contributed by atoms with E-state index in [-0.39, 0.29) is 11.9 Å². The van der Waals surface area contributed by atoms with E-state index >= 15 is 0 Å². The number of thiazole rings is 1. The molecule has 0 spiro atoms. The van der Waals surface area contributed by atoms with Crippen LogP contribution in [-0.2, 0) is 16.0 Å². The largest absolute Gasteiger partial charge is 0.469 e. The van der Waals surface area contributed by atoms with E-state index < -0.39 is 0 Å². The molecule has 0 radical (unpaired) electrons. The fraction of sp³-hybridized carbons (Fsp3) is 0.333. The lowest BCUT2D eigenvalue weighted by atomic mass is 9.91. The van der Waals surface area contributed by atoms with Crippen LogP contribution in [0.25, 0.3) is 0 Å². The zero-order chi connectivity index (χ0) is 13.9. The van der Waals surface area contributed by atoms with Crippen LogP contribution in [0.3, 0.4) is 0 Å². The Morgan fingerprint density at radius 2 is 2.20 bits per heavy atom. The van der Waals surface area contributed by atoms with Gasteiger partial charge in [-0.25, -0.2) is 4.98 Å². The second-order valence-corrected chi connectivity index (χ2v) is 5.87. The van der Waals surface area contributed by atoms with Crippen molar-refractivity contribution in [1.29, 1.82) is 0 Å². The van der Waals surface area contributed by atoms with Crippen LogP contribution in [-0.4, -0.2) is 18.1 Å². The molecule has 3 rings (SSSR count). The van der Waals surface area contributed by atoms with E-state index in [0.717, 1.165) is 35.8 Å². The number of anilines is 2. The highest BCUT2D eigenvalue weighted by Gasteiger charge is 2.30. The average Bonchev–Trinajstić information content (AvgIpc) is 2.89. The van der Waals surface area contributed by atoms with Crippen LogP contribution in [0, 0.1) is 0 Å². The van der Waals surface area contributed by atoms with E-state index in [0.29, 0.717) is 0 Å². The first kappa shape index (κ1) is 13.1. The van der Waals surface area contributed by atoms with E-state index in [1.54, 1.807) is 11.3 Å². The van der Waals surface area contributed by atoms with Gasteiger partial charge in [0, 0.05) is 10.6 Å². The fourth-order valence-electron chi connectivity index (χ4n) is 2.49. The number of nitrogens with one attached hydrogen (secondary N) is 1. The molecule has 0 saturated heterocycles. The molecular formula is C15H16N2O2S. The van der Waals surface area contributed by atoms with Gasteiger partial charge in [-0.3, -0.25) is 4.79 Å². The Morgan fingerprint density at radius 1 is 1.40 bits per heavy atom. The summed E-state index contributed by atoms with van der Waals surface area (Å²) in [7, 11) is 1.44. The summed E-state index contributed by atoms with van der Waals surface area (Å²) in [5.41, 5.74) is 1.90. The zero-order valence-electron chi connectivity index (χ0n) is 11.3. The van der Waals surface area contributed by atoms with Crippen molar-refractivity contribution < 1.29 is 9.53 Å². The molecule has 1 aliphatic carbocycles. The molecule has 2 aromatic rings. The van der Waals surface area contributed by atoms with Crippen molar-refractivity contribution in [2.75, 3.05) is 12.4 Å². The highest BCUT2D eigenvalue weighted by Crippen LogP contribution is 2.38. The summed E-state index contributed by atoms with van der Waals surface area (Å²) in [5.74, 6) is -0.381.